The minimum Gasteiger partial charge on any atom is -0.362 e. The van der Waals surface area contributed by atoms with E-state index >= 15 is 8.78 Å². The van der Waals surface area contributed by atoms with Crippen LogP contribution in [0.5, 0.6) is 0 Å². The lowest BCUT2D eigenvalue weighted by Crippen LogP contribution is -2.42. The second kappa shape index (κ2) is 8.10. The van der Waals surface area contributed by atoms with Gasteiger partial charge < -0.3 is 9.88 Å². The van der Waals surface area contributed by atoms with Gasteiger partial charge in [-0.3, -0.25) is 0 Å². The molecule has 1 N–H and O–H groups in total. The molecule has 7 rings (SSSR count). The maximum Gasteiger partial charge on any atom is 0.225 e. The van der Waals surface area contributed by atoms with Crippen molar-refractivity contribution in [3.63, 3.8) is 0 Å². The van der Waals surface area contributed by atoms with Gasteiger partial charge in [-0.2, -0.15) is 5.10 Å². The number of nitrogens with one attached hydrogen (secondary N) is 1. The number of para-hydroxylation sites is 1. The van der Waals surface area contributed by atoms with Gasteiger partial charge in [0.2, 0.25) is 5.95 Å². The molecular formula is C31H32F2N6. The Kier molecular flexibility index (Phi) is 5.04. The summed E-state index contributed by atoms with van der Waals surface area (Å²) in [5.41, 5.74) is 4.86. The number of aromatic amines is 1. The first-order chi connectivity index (χ1) is 18.7. The SMILES string of the molecule is CCc1cccc2c1-n1nc3c(c1C1(C)C2=C(F)C(C)(F)c2[nH]ccc21)CN(c1ncc(C(C)C)cn1)CC3. The summed E-state index contributed by atoms with van der Waals surface area (Å²) in [6, 6.07) is 7.80. The third-order valence-corrected chi connectivity index (χ3v) is 8.98. The highest BCUT2D eigenvalue weighted by Gasteiger charge is 2.56. The van der Waals surface area contributed by atoms with Gasteiger partial charge in [-0.15, -0.1) is 0 Å². The van der Waals surface area contributed by atoms with Crippen LogP contribution >= 0.6 is 0 Å². The summed E-state index contributed by atoms with van der Waals surface area (Å²) in [4.78, 5) is 14.5. The number of fused-ring (bicyclic) bond motifs is 10. The second-order valence-corrected chi connectivity index (χ2v) is 11.6. The zero-order valence-corrected chi connectivity index (χ0v) is 22.9. The first kappa shape index (κ1) is 24.2. The number of halogens is 2. The highest BCUT2D eigenvalue weighted by molar-refractivity contribution is 5.90. The fraction of sp³-hybridized carbons (Fsp3) is 0.387. The number of allylic oxidation sites excluding steroid dienone is 2. The molecule has 2 unspecified atom stereocenters. The molecule has 200 valence electrons. The van der Waals surface area contributed by atoms with Gasteiger partial charge in [-0.25, -0.2) is 23.4 Å². The van der Waals surface area contributed by atoms with E-state index in [0.717, 1.165) is 52.3 Å². The van der Waals surface area contributed by atoms with Crippen LogP contribution in [0.2, 0.25) is 0 Å². The third kappa shape index (κ3) is 3.08. The van der Waals surface area contributed by atoms with Crippen LogP contribution in [-0.4, -0.2) is 31.3 Å². The van der Waals surface area contributed by atoms with Crippen LogP contribution in [0.25, 0.3) is 11.3 Å². The molecule has 3 aliphatic rings. The number of H-pyrrole nitrogens is 1. The summed E-state index contributed by atoms with van der Waals surface area (Å²) in [5.74, 6) is 0.284. The predicted molar refractivity (Wildman–Crippen MR) is 148 cm³/mol. The Morgan fingerprint density at radius 1 is 1.13 bits per heavy atom. The van der Waals surface area contributed by atoms with Gasteiger partial charge >= 0.3 is 0 Å². The summed E-state index contributed by atoms with van der Waals surface area (Å²) < 4.78 is 34.8. The number of nitrogens with zero attached hydrogens (tertiary/aromatic N) is 5. The van der Waals surface area contributed by atoms with E-state index in [1.54, 1.807) is 6.20 Å². The second-order valence-electron chi connectivity index (χ2n) is 11.6. The predicted octanol–water partition coefficient (Wildman–Crippen LogP) is 6.44. The molecule has 1 aliphatic carbocycles. The summed E-state index contributed by atoms with van der Waals surface area (Å²) >= 11 is 0. The van der Waals surface area contributed by atoms with Crippen LogP contribution in [-0.2, 0) is 30.5 Å². The fourth-order valence-corrected chi connectivity index (χ4v) is 6.85. The van der Waals surface area contributed by atoms with E-state index in [2.05, 4.69) is 46.7 Å². The van der Waals surface area contributed by atoms with E-state index < -0.39 is 16.9 Å². The lowest BCUT2D eigenvalue weighted by molar-refractivity contribution is 0.187. The van der Waals surface area contributed by atoms with Crippen molar-refractivity contribution in [3.8, 4) is 5.69 Å². The zero-order chi connectivity index (χ0) is 27.3. The minimum absolute atomic E-state index is 0.267. The van der Waals surface area contributed by atoms with Gasteiger partial charge in [-0.05, 0) is 48.9 Å². The van der Waals surface area contributed by atoms with Crippen molar-refractivity contribution < 1.29 is 8.78 Å². The van der Waals surface area contributed by atoms with Gasteiger partial charge in [0.15, 0.2) is 5.67 Å². The Bertz CT molecular complexity index is 1660. The highest BCUT2D eigenvalue weighted by atomic mass is 19.2. The first-order valence-electron chi connectivity index (χ1n) is 13.8. The zero-order valence-electron chi connectivity index (χ0n) is 22.9. The maximum atomic E-state index is 16.5. The molecule has 2 aliphatic heterocycles. The van der Waals surface area contributed by atoms with Crippen molar-refractivity contribution >= 4 is 11.5 Å². The Morgan fingerprint density at radius 3 is 2.62 bits per heavy atom. The maximum absolute atomic E-state index is 16.5. The molecule has 2 atom stereocenters. The normalized spacial score (nSPS) is 23.3. The van der Waals surface area contributed by atoms with Crippen molar-refractivity contribution in [1.29, 1.82) is 0 Å². The number of rotatable bonds is 3. The molecule has 0 radical (unpaired) electrons. The molecule has 4 aromatic rings. The molecule has 0 saturated carbocycles. The van der Waals surface area contributed by atoms with Crippen molar-refractivity contribution in [2.75, 3.05) is 11.4 Å². The van der Waals surface area contributed by atoms with E-state index in [4.69, 9.17) is 5.10 Å². The first-order valence-corrected chi connectivity index (χ1v) is 13.8. The van der Waals surface area contributed by atoms with Crippen LogP contribution in [0.15, 0.2) is 48.7 Å². The van der Waals surface area contributed by atoms with Crippen molar-refractivity contribution in [3.05, 3.63) is 93.6 Å². The number of anilines is 1. The number of hydrogen-bond acceptors (Lipinski definition) is 4. The molecule has 0 saturated heterocycles. The Hall–Kier alpha value is -3.81. The van der Waals surface area contributed by atoms with Gasteiger partial charge in [0.1, 0.15) is 5.83 Å². The minimum atomic E-state index is -2.26. The number of aryl methyl sites for hydroxylation is 1. The van der Waals surface area contributed by atoms with Crippen LogP contribution in [0.1, 0.15) is 85.4 Å². The van der Waals surface area contributed by atoms with Crippen molar-refractivity contribution in [1.82, 2.24) is 24.7 Å². The molecule has 8 heteroatoms. The van der Waals surface area contributed by atoms with E-state index in [-0.39, 0.29) is 5.69 Å². The average molecular weight is 527 g/mol. The Morgan fingerprint density at radius 2 is 1.90 bits per heavy atom. The molecule has 1 aromatic carbocycles. The molecule has 0 amide bonds. The van der Waals surface area contributed by atoms with Gasteiger partial charge in [-0.1, -0.05) is 39.0 Å². The average Bonchev–Trinajstić information content (AvgIpc) is 3.59. The quantitative estimate of drug-likeness (QED) is 0.334. The Labute approximate surface area is 226 Å². The summed E-state index contributed by atoms with van der Waals surface area (Å²) in [5, 5.41) is 5.16. The van der Waals surface area contributed by atoms with E-state index in [1.165, 1.54) is 6.92 Å². The topological polar surface area (TPSA) is 62.6 Å². The molecule has 5 heterocycles. The summed E-state index contributed by atoms with van der Waals surface area (Å²) in [6.45, 7) is 11.0. The monoisotopic (exact) mass is 526 g/mol. The number of aromatic nitrogens is 5. The third-order valence-electron chi connectivity index (χ3n) is 8.98. The van der Waals surface area contributed by atoms with Gasteiger partial charge in [0.25, 0.3) is 0 Å². The van der Waals surface area contributed by atoms with Gasteiger partial charge in [0, 0.05) is 54.8 Å². The molecule has 3 aromatic heterocycles. The van der Waals surface area contributed by atoms with E-state index in [0.29, 0.717) is 36.0 Å². The van der Waals surface area contributed by atoms with E-state index in [1.807, 2.05) is 42.2 Å². The fourth-order valence-electron chi connectivity index (χ4n) is 6.85. The summed E-state index contributed by atoms with van der Waals surface area (Å²) in [7, 11) is 0. The lowest BCUT2D eigenvalue weighted by Gasteiger charge is -2.45. The number of benzene rings is 1. The van der Waals surface area contributed by atoms with Crippen molar-refractivity contribution in [2.24, 2.45) is 0 Å². The molecule has 39 heavy (non-hydrogen) atoms. The van der Waals surface area contributed by atoms with Gasteiger partial charge in [0.05, 0.1) is 28.2 Å². The Balaban J connectivity index is 1.49. The highest BCUT2D eigenvalue weighted by Crippen LogP contribution is 2.60. The van der Waals surface area contributed by atoms with Crippen LogP contribution < -0.4 is 4.90 Å². The lowest BCUT2D eigenvalue weighted by atomic mass is 9.62. The molecule has 0 bridgehead atoms. The largest absolute Gasteiger partial charge is 0.362 e. The van der Waals surface area contributed by atoms with Crippen LogP contribution in [0.3, 0.4) is 0 Å². The smallest absolute Gasteiger partial charge is 0.225 e. The van der Waals surface area contributed by atoms with Crippen molar-refractivity contribution in [2.45, 2.75) is 71.0 Å². The molecule has 0 spiro atoms. The molecule has 0 fully saturated rings. The van der Waals surface area contributed by atoms with Crippen LogP contribution in [0, 0.1) is 0 Å². The standard InChI is InChI=1S/C31H32F2N6/c1-6-18-8-7-9-20-24-26(32)31(5,33)27-22(10-12-34-27)30(24,4)28-21-16-38(13-11-23(21)37-39(28)25(18)20)29-35-14-19(15-36-29)17(2)3/h7-10,12,14-15,17,34H,6,11,13,16H2,1-5H3. The number of alkyl halides is 1. The van der Waals surface area contributed by atoms with Crippen LogP contribution in [0.4, 0.5) is 14.7 Å². The van der Waals surface area contributed by atoms with E-state index in [9.17, 15) is 0 Å². The molecule has 6 nitrogen and oxygen atoms in total. The summed E-state index contributed by atoms with van der Waals surface area (Å²) in [6.07, 6.45) is 6.97. The molecular weight excluding hydrogens is 494 g/mol. The number of hydrogen-bond donors (Lipinski definition) is 1.